The van der Waals surface area contributed by atoms with Crippen LogP contribution in [-0.2, 0) is 12.8 Å². The average Bonchev–Trinajstić information content (AvgIpc) is 2.91. The summed E-state index contributed by atoms with van der Waals surface area (Å²) in [6.45, 7) is 3.23. The van der Waals surface area contributed by atoms with Crippen LogP contribution in [0, 0.1) is 13.8 Å². The van der Waals surface area contributed by atoms with Crippen LogP contribution in [-0.4, -0.2) is 46.4 Å². The molecule has 0 amide bonds. The molecule has 268 valence electrons. The highest BCUT2D eigenvalue weighted by Gasteiger charge is 2.31. The Balaban J connectivity index is 2.41. The largest absolute Gasteiger partial charge is 0.457 e. The quantitative estimate of drug-likeness (QED) is 0.0846. The van der Waals surface area contributed by atoms with Crippen LogP contribution in [0.4, 0.5) is 52.7 Å². The van der Waals surface area contributed by atoms with E-state index in [1.54, 1.807) is 38.1 Å². The van der Waals surface area contributed by atoms with Crippen LogP contribution in [0.25, 0.3) is 0 Å². The molecule has 0 aliphatic carbocycles. The highest BCUT2D eigenvalue weighted by Crippen LogP contribution is 2.43. The van der Waals surface area contributed by atoms with Gasteiger partial charge in [0.05, 0.1) is 11.5 Å². The number of halogens is 12. The molecule has 2 aromatic rings. The molecule has 1 nitrogen and oxygen atoms in total. The molecule has 0 radical (unpaired) electrons. The summed E-state index contributed by atoms with van der Waals surface area (Å²) < 4.78 is 160. The highest BCUT2D eigenvalue weighted by atomic mass is 32.2. The Hall–Kier alpha value is -1.20. The van der Waals surface area contributed by atoms with Crippen molar-refractivity contribution in [2.75, 3.05) is 23.0 Å². The first-order chi connectivity index (χ1) is 21.7. The van der Waals surface area contributed by atoms with Gasteiger partial charge in [-0.2, -0.15) is 52.7 Å². The number of aryl methyl sites for hydroxylation is 2. The molecule has 0 saturated carbocycles. The zero-order chi connectivity index (χ0) is 35.5. The number of unbranched alkanes of at least 4 members (excludes halogenated alkanes) is 4. The topological polar surface area (TPSA) is 9.23 Å². The molecule has 0 aliphatic rings. The van der Waals surface area contributed by atoms with Gasteiger partial charge in [0, 0.05) is 32.4 Å². The average molecular weight is 767 g/mol. The lowest BCUT2D eigenvalue weighted by Crippen LogP contribution is -2.12. The Morgan fingerprint density at radius 1 is 0.511 bits per heavy atom. The smallest absolute Gasteiger partial charge is 0.441 e. The SMILES string of the molecule is Cc1ccc(Oc2ccc(C)c(SCC(F)(F)F)c2CCCCCSC(F)(F)F)c(CCCCCSC(F)(F)F)c1SCC(F)(F)F. The van der Waals surface area contributed by atoms with Crippen LogP contribution in [0.2, 0.25) is 0 Å². The predicted molar refractivity (Wildman–Crippen MR) is 168 cm³/mol. The summed E-state index contributed by atoms with van der Waals surface area (Å²) in [5, 5.41) is 0. The molecule has 0 saturated heterocycles. The molecule has 0 aromatic heterocycles. The molecule has 0 heterocycles. The van der Waals surface area contributed by atoms with Crippen molar-refractivity contribution >= 4 is 47.0 Å². The molecule has 17 heteroatoms. The molecular formula is C30H34F12OS4. The van der Waals surface area contributed by atoms with E-state index in [-0.39, 0.29) is 72.2 Å². The van der Waals surface area contributed by atoms with Crippen LogP contribution < -0.4 is 4.74 Å². The fourth-order valence-electron chi connectivity index (χ4n) is 4.48. The van der Waals surface area contributed by atoms with Gasteiger partial charge in [-0.1, -0.05) is 48.5 Å². The number of ether oxygens (including phenoxy) is 1. The van der Waals surface area contributed by atoms with Gasteiger partial charge < -0.3 is 4.74 Å². The Kier molecular flexibility index (Phi) is 16.7. The van der Waals surface area contributed by atoms with E-state index in [0.717, 1.165) is 0 Å². The number of rotatable bonds is 18. The third-order valence-electron chi connectivity index (χ3n) is 6.48. The Bertz CT molecular complexity index is 1160. The maximum absolute atomic E-state index is 13.2. The lowest BCUT2D eigenvalue weighted by molar-refractivity contribution is -0.106. The molecule has 0 spiro atoms. The highest BCUT2D eigenvalue weighted by molar-refractivity contribution is 8.00. The zero-order valence-electron chi connectivity index (χ0n) is 25.4. The van der Waals surface area contributed by atoms with Crippen LogP contribution >= 0.6 is 47.0 Å². The van der Waals surface area contributed by atoms with E-state index in [1.807, 2.05) is 0 Å². The van der Waals surface area contributed by atoms with Crippen LogP contribution in [0.15, 0.2) is 34.1 Å². The zero-order valence-corrected chi connectivity index (χ0v) is 28.6. The van der Waals surface area contributed by atoms with E-state index < -0.39 is 34.9 Å². The second-order valence-corrected chi connectivity index (χ2v) is 14.8. The number of hydrogen-bond acceptors (Lipinski definition) is 5. The molecule has 2 aromatic carbocycles. The van der Waals surface area contributed by atoms with E-state index in [0.29, 0.717) is 81.3 Å². The van der Waals surface area contributed by atoms with Crippen molar-refractivity contribution in [3.63, 3.8) is 0 Å². The second kappa shape index (κ2) is 18.7. The van der Waals surface area contributed by atoms with Crippen molar-refractivity contribution < 1.29 is 57.4 Å². The van der Waals surface area contributed by atoms with Gasteiger partial charge in [0.1, 0.15) is 11.5 Å². The van der Waals surface area contributed by atoms with Gasteiger partial charge in [0.2, 0.25) is 0 Å². The Morgan fingerprint density at radius 2 is 0.872 bits per heavy atom. The summed E-state index contributed by atoms with van der Waals surface area (Å²) in [5.41, 5.74) is -6.88. The lowest BCUT2D eigenvalue weighted by atomic mass is 10.0. The van der Waals surface area contributed by atoms with E-state index in [1.165, 1.54) is 0 Å². The molecule has 0 atom stereocenters. The van der Waals surface area contributed by atoms with Crippen molar-refractivity contribution in [3.8, 4) is 11.5 Å². The van der Waals surface area contributed by atoms with E-state index in [4.69, 9.17) is 4.74 Å². The summed E-state index contributed by atoms with van der Waals surface area (Å²) in [7, 11) is 0. The van der Waals surface area contributed by atoms with Gasteiger partial charge in [-0.3, -0.25) is 0 Å². The molecule has 2 rings (SSSR count). The minimum Gasteiger partial charge on any atom is -0.457 e. The Morgan fingerprint density at radius 3 is 1.19 bits per heavy atom. The third kappa shape index (κ3) is 17.3. The lowest BCUT2D eigenvalue weighted by Gasteiger charge is -2.21. The normalized spacial score (nSPS) is 13.0. The van der Waals surface area contributed by atoms with Gasteiger partial charge in [0.15, 0.2) is 0 Å². The van der Waals surface area contributed by atoms with E-state index in [9.17, 15) is 52.7 Å². The molecular weight excluding hydrogens is 733 g/mol. The molecule has 0 bridgehead atoms. The van der Waals surface area contributed by atoms with Gasteiger partial charge in [-0.15, -0.1) is 23.5 Å². The molecule has 0 fully saturated rings. The van der Waals surface area contributed by atoms with Crippen LogP contribution in [0.5, 0.6) is 11.5 Å². The van der Waals surface area contributed by atoms with Crippen molar-refractivity contribution in [1.29, 1.82) is 0 Å². The minimum atomic E-state index is -4.49. The summed E-state index contributed by atoms with van der Waals surface area (Å²) in [5.74, 6) is -2.40. The standard InChI is InChI=1S/C30H34F12OS4/c1-19-11-13-23(21(25(19)44-17-27(31,32)33)9-5-3-7-15-46-29(37,38)39)43-24-14-12-20(2)26(45-18-28(34,35)36)22(24)10-6-4-8-16-47-30(40,41)42/h11-14H,3-10,15-18H2,1-2H3. The van der Waals surface area contributed by atoms with Gasteiger partial charge in [-0.25, -0.2) is 0 Å². The van der Waals surface area contributed by atoms with Crippen molar-refractivity contribution in [3.05, 3.63) is 46.5 Å². The number of alkyl halides is 12. The fourth-order valence-corrected chi connectivity index (χ4v) is 7.60. The molecule has 0 N–H and O–H groups in total. The van der Waals surface area contributed by atoms with Crippen LogP contribution in [0.1, 0.15) is 60.8 Å². The fraction of sp³-hybridized carbons (Fsp3) is 0.600. The van der Waals surface area contributed by atoms with Crippen molar-refractivity contribution in [1.82, 2.24) is 0 Å². The van der Waals surface area contributed by atoms with Gasteiger partial charge >= 0.3 is 23.4 Å². The monoisotopic (exact) mass is 766 g/mol. The minimum absolute atomic E-state index is 0.155. The Labute approximate surface area is 283 Å². The molecule has 0 unspecified atom stereocenters. The number of hydrogen-bond donors (Lipinski definition) is 0. The van der Waals surface area contributed by atoms with E-state index in [2.05, 4.69) is 0 Å². The number of thioether (sulfide) groups is 4. The first kappa shape index (κ1) is 42.0. The maximum atomic E-state index is 13.2. The molecule has 0 aliphatic heterocycles. The van der Waals surface area contributed by atoms with Crippen molar-refractivity contribution in [2.24, 2.45) is 0 Å². The summed E-state index contributed by atoms with van der Waals surface area (Å²) in [6, 6.07) is 6.21. The van der Waals surface area contributed by atoms with Gasteiger partial charge in [0.25, 0.3) is 0 Å². The summed E-state index contributed by atoms with van der Waals surface area (Å²) >= 11 is 0.793. The van der Waals surface area contributed by atoms with Crippen LogP contribution in [0.3, 0.4) is 0 Å². The van der Waals surface area contributed by atoms with Gasteiger partial charge in [-0.05, 0) is 75.6 Å². The second-order valence-electron chi connectivity index (χ2n) is 10.5. The predicted octanol–water partition coefficient (Wildman–Crippen LogP) is 13.3. The van der Waals surface area contributed by atoms with Crippen molar-refractivity contribution in [2.45, 2.75) is 98.4 Å². The van der Waals surface area contributed by atoms with E-state index >= 15 is 0 Å². The summed E-state index contributed by atoms with van der Waals surface area (Å²) in [4.78, 5) is 0.596. The third-order valence-corrected chi connectivity index (χ3v) is 10.8. The first-order valence-corrected chi connectivity index (χ1v) is 18.3. The first-order valence-electron chi connectivity index (χ1n) is 14.4. The molecule has 47 heavy (non-hydrogen) atoms. The number of benzene rings is 2. The maximum Gasteiger partial charge on any atom is 0.441 e. The summed E-state index contributed by atoms with van der Waals surface area (Å²) in [6.07, 6.45) is -6.76.